The lowest BCUT2D eigenvalue weighted by Crippen LogP contribution is -2.08. The SMILES string of the molecule is COc1ccc(NC(C)c2ccc(O)cc2F)cc1OC. The van der Waals surface area contributed by atoms with Gasteiger partial charge in [-0.1, -0.05) is 6.07 Å². The Morgan fingerprint density at radius 2 is 1.76 bits per heavy atom. The molecule has 0 saturated heterocycles. The van der Waals surface area contributed by atoms with E-state index in [1.807, 2.05) is 13.0 Å². The van der Waals surface area contributed by atoms with Crippen molar-refractivity contribution in [2.75, 3.05) is 19.5 Å². The van der Waals surface area contributed by atoms with E-state index in [0.29, 0.717) is 17.1 Å². The van der Waals surface area contributed by atoms with Crippen molar-refractivity contribution in [3.8, 4) is 17.2 Å². The number of phenolic OH excluding ortho intramolecular Hbond substituents is 1. The summed E-state index contributed by atoms with van der Waals surface area (Å²) in [6.45, 7) is 1.84. The minimum Gasteiger partial charge on any atom is -0.508 e. The Kier molecular flexibility index (Phi) is 4.52. The number of anilines is 1. The zero-order chi connectivity index (χ0) is 15.4. The number of phenols is 1. The molecule has 4 nitrogen and oxygen atoms in total. The minimum absolute atomic E-state index is 0.0884. The molecule has 1 atom stereocenters. The van der Waals surface area contributed by atoms with Crippen molar-refractivity contribution < 1.29 is 19.0 Å². The molecule has 0 aliphatic heterocycles. The van der Waals surface area contributed by atoms with E-state index in [-0.39, 0.29) is 11.8 Å². The van der Waals surface area contributed by atoms with Crippen molar-refractivity contribution in [1.29, 1.82) is 0 Å². The first-order valence-corrected chi connectivity index (χ1v) is 6.52. The quantitative estimate of drug-likeness (QED) is 0.881. The lowest BCUT2D eigenvalue weighted by Gasteiger charge is -2.18. The van der Waals surface area contributed by atoms with Gasteiger partial charge in [-0.05, 0) is 25.1 Å². The van der Waals surface area contributed by atoms with Crippen molar-refractivity contribution in [1.82, 2.24) is 0 Å². The zero-order valence-corrected chi connectivity index (χ0v) is 12.2. The van der Waals surface area contributed by atoms with E-state index in [9.17, 15) is 9.50 Å². The summed E-state index contributed by atoms with van der Waals surface area (Å²) >= 11 is 0. The van der Waals surface area contributed by atoms with Crippen LogP contribution in [-0.4, -0.2) is 19.3 Å². The monoisotopic (exact) mass is 291 g/mol. The summed E-state index contributed by atoms with van der Waals surface area (Å²) in [5.74, 6) is 0.692. The van der Waals surface area contributed by atoms with Crippen molar-refractivity contribution >= 4 is 5.69 Å². The number of aromatic hydroxyl groups is 1. The summed E-state index contributed by atoms with van der Waals surface area (Å²) in [6, 6.07) is 9.25. The number of hydrogen-bond donors (Lipinski definition) is 2. The lowest BCUT2D eigenvalue weighted by atomic mass is 10.1. The maximum atomic E-state index is 13.8. The van der Waals surface area contributed by atoms with Crippen molar-refractivity contribution in [3.05, 3.63) is 47.8 Å². The average molecular weight is 291 g/mol. The molecule has 0 aliphatic carbocycles. The van der Waals surface area contributed by atoms with Gasteiger partial charge < -0.3 is 19.9 Å². The number of rotatable bonds is 5. The molecule has 0 radical (unpaired) electrons. The Balaban J connectivity index is 2.21. The normalized spacial score (nSPS) is 11.8. The van der Waals surface area contributed by atoms with Gasteiger partial charge in [-0.3, -0.25) is 0 Å². The topological polar surface area (TPSA) is 50.7 Å². The molecule has 0 aliphatic rings. The maximum Gasteiger partial charge on any atom is 0.162 e. The second-order valence-electron chi connectivity index (χ2n) is 4.64. The van der Waals surface area contributed by atoms with Crippen LogP contribution in [0, 0.1) is 5.82 Å². The maximum absolute atomic E-state index is 13.8. The number of ether oxygens (including phenoxy) is 2. The zero-order valence-electron chi connectivity index (χ0n) is 12.2. The first-order chi connectivity index (χ1) is 10.0. The van der Waals surface area contributed by atoms with Crippen LogP contribution in [0.15, 0.2) is 36.4 Å². The summed E-state index contributed by atoms with van der Waals surface area (Å²) in [5.41, 5.74) is 1.26. The number of methoxy groups -OCH3 is 2. The van der Waals surface area contributed by atoms with Gasteiger partial charge in [-0.2, -0.15) is 0 Å². The van der Waals surface area contributed by atoms with Gasteiger partial charge in [0.1, 0.15) is 11.6 Å². The summed E-state index contributed by atoms with van der Waals surface area (Å²) in [5, 5.41) is 12.4. The van der Waals surface area contributed by atoms with Crippen molar-refractivity contribution in [3.63, 3.8) is 0 Å². The van der Waals surface area contributed by atoms with E-state index in [2.05, 4.69) is 5.32 Å². The van der Waals surface area contributed by atoms with Crippen LogP contribution in [0.25, 0.3) is 0 Å². The number of hydrogen-bond acceptors (Lipinski definition) is 4. The standard InChI is InChI=1S/C16H18FNO3/c1-10(13-6-5-12(19)9-14(13)17)18-11-4-7-15(20-2)16(8-11)21-3/h4-10,18-19H,1-3H3. The molecule has 0 amide bonds. The highest BCUT2D eigenvalue weighted by atomic mass is 19.1. The summed E-state index contributed by atoms with van der Waals surface area (Å²) in [4.78, 5) is 0. The fraction of sp³-hybridized carbons (Fsp3) is 0.250. The molecule has 2 rings (SSSR count). The third-order valence-corrected chi connectivity index (χ3v) is 3.22. The predicted octanol–water partition coefficient (Wildman–Crippen LogP) is 3.72. The van der Waals surface area contributed by atoms with E-state index in [4.69, 9.17) is 9.47 Å². The Hall–Kier alpha value is -2.43. The van der Waals surface area contributed by atoms with Crippen LogP contribution in [-0.2, 0) is 0 Å². The van der Waals surface area contributed by atoms with Crippen molar-refractivity contribution in [2.45, 2.75) is 13.0 Å². The number of nitrogens with one attached hydrogen (secondary N) is 1. The molecule has 2 aromatic rings. The highest BCUT2D eigenvalue weighted by molar-refractivity contribution is 5.55. The van der Waals surface area contributed by atoms with E-state index < -0.39 is 5.82 Å². The second kappa shape index (κ2) is 6.35. The Bertz CT molecular complexity index is 631. The Morgan fingerprint density at radius 1 is 1.05 bits per heavy atom. The lowest BCUT2D eigenvalue weighted by molar-refractivity contribution is 0.355. The molecule has 0 saturated carbocycles. The second-order valence-corrected chi connectivity index (χ2v) is 4.64. The molecule has 0 spiro atoms. The number of benzene rings is 2. The van der Waals surface area contributed by atoms with Gasteiger partial charge in [0.05, 0.1) is 20.3 Å². The molecular weight excluding hydrogens is 273 g/mol. The minimum atomic E-state index is -0.449. The molecule has 0 heterocycles. The third kappa shape index (κ3) is 3.37. The Morgan fingerprint density at radius 3 is 2.38 bits per heavy atom. The van der Waals surface area contributed by atoms with Crippen LogP contribution < -0.4 is 14.8 Å². The van der Waals surface area contributed by atoms with Crippen LogP contribution in [0.4, 0.5) is 10.1 Å². The summed E-state index contributed by atoms with van der Waals surface area (Å²) in [7, 11) is 3.13. The highest BCUT2D eigenvalue weighted by Crippen LogP contribution is 2.32. The predicted molar refractivity (Wildman–Crippen MR) is 79.6 cm³/mol. The molecule has 2 aromatic carbocycles. The molecule has 0 aromatic heterocycles. The third-order valence-electron chi connectivity index (χ3n) is 3.22. The van der Waals surface area contributed by atoms with Crippen molar-refractivity contribution in [2.24, 2.45) is 0 Å². The smallest absolute Gasteiger partial charge is 0.162 e. The van der Waals surface area contributed by atoms with E-state index >= 15 is 0 Å². The molecule has 0 fully saturated rings. The van der Waals surface area contributed by atoms with Gasteiger partial charge in [-0.25, -0.2) is 4.39 Å². The van der Waals surface area contributed by atoms with Crippen LogP contribution in [0.5, 0.6) is 17.2 Å². The largest absolute Gasteiger partial charge is 0.508 e. The van der Waals surface area contributed by atoms with E-state index in [1.165, 1.54) is 6.07 Å². The fourth-order valence-corrected chi connectivity index (χ4v) is 2.12. The molecule has 2 N–H and O–H groups in total. The molecule has 112 valence electrons. The first kappa shape index (κ1) is 15.0. The van der Waals surface area contributed by atoms with Gasteiger partial charge in [-0.15, -0.1) is 0 Å². The average Bonchev–Trinajstić information content (AvgIpc) is 2.46. The van der Waals surface area contributed by atoms with Crippen LogP contribution >= 0.6 is 0 Å². The molecular formula is C16H18FNO3. The molecule has 0 bridgehead atoms. The van der Waals surface area contributed by atoms with Gasteiger partial charge in [0, 0.05) is 23.4 Å². The number of halogens is 1. The van der Waals surface area contributed by atoms with E-state index in [1.54, 1.807) is 32.4 Å². The molecule has 1 unspecified atom stereocenters. The highest BCUT2D eigenvalue weighted by Gasteiger charge is 2.12. The van der Waals surface area contributed by atoms with Gasteiger partial charge in [0.25, 0.3) is 0 Å². The molecule has 5 heteroatoms. The summed E-state index contributed by atoms with van der Waals surface area (Å²) < 4.78 is 24.2. The summed E-state index contributed by atoms with van der Waals surface area (Å²) in [6.07, 6.45) is 0. The van der Waals surface area contributed by atoms with Gasteiger partial charge in [0.15, 0.2) is 11.5 Å². The van der Waals surface area contributed by atoms with Crippen LogP contribution in [0.1, 0.15) is 18.5 Å². The van der Waals surface area contributed by atoms with E-state index in [0.717, 1.165) is 11.8 Å². The van der Waals surface area contributed by atoms with Gasteiger partial charge in [0.2, 0.25) is 0 Å². The molecule has 21 heavy (non-hydrogen) atoms. The van der Waals surface area contributed by atoms with Crippen LogP contribution in [0.3, 0.4) is 0 Å². The van der Waals surface area contributed by atoms with Crippen LogP contribution in [0.2, 0.25) is 0 Å². The Labute approximate surface area is 123 Å². The van der Waals surface area contributed by atoms with Gasteiger partial charge >= 0.3 is 0 Å². The first-order valence-electron chi connectivity index (χ1n) is 6.52. The fourth-order valence-electron chi connectivity index (χ4n) is 2.12.